The molecule has 1 aromatic heterocycles. The lowest BCUT2D eigenvalue weighted by molar-refractivity contribution is 0.171. The molecule has 1 saturated carbocycles. The molecule has 0 spiro atoms. The molecule has 18 heavy (non-hydrogen) atoms. The van der Waals surface area contributed by atoms with E-state index in [1.807, 2.05) is 12.1 Å². The van der Waals surface area contributed by atoms with Crippen LogP contribution in [0.3, 0.4) is 0 Å². The molecule has 100 valence electrons. The zero-order valence-corrected chi connectivity index (χ0v) is 11.8. The molecule has 3 nitrogen and oxygen atoms in total. The van der Waals surface area contributed by atoms with Crippen molar-refractivity contribution in [2.45, 2.75) is 39.2 Å². The highest BCUT2D eigenvalue weighted by Gasteiger charge is 2.30. The van der Waals surface area contributed by atoms with Gasteiger partial charge in [0.1, 0.15) is 5.15 Å². The van der Waals surface area contributed by atoms with Crippen molar-refractivity contribution in [1.82, 2.24) is 10.4 Å². The molecular formula is C14H22ClN3. The van der Waals surface area contributed by atoms with Gasteiger partial charge in [0.15, 0.2) is 0 Å². The Morgan fingerprint density at radius 2 is 2.17 bits per heavy atom. The largest absolute Gasteiger partial charge is 0.271 e. The fourth-order valence-corrected chi connectivity index (χ4v) is 3.19. The van der Waals surface area contributed by atoms with Gasteiger partial charge in [0, 0.05) is 12.2 Å². The fraction of sp³-hybridized carbons (Fsp3) is 0.643. The first-order valence-electron chi connectivity index (χ1n) is 6.69. The van der Waals surface area contributed by atoms with E-state index in [-0.39, 0.29) is 6.04 Å². The first-order chi connectivity index (χ1) is 8.61. The minimum absolute atomic E-state index is 0.181. The molecule has 4 unspecified atom stereocenters. The van der Waals surface area contributed by atoms with Crippen LogP contribution in [0.1, 0.15) is 44.7 Å². The maximum absolute atomic E-state index is 5.96. The lowest BCUT2D eigenvalue weighted by Crippen LogP contribution is -2.36. The third kappa shape index (κ3) is 3.02. The molecule has 0 bridgehead atoms. The molecule has 1 aliphatic rings. The maximum Gasteiger partial charge on any atom is 0.129 e. The Bertz CT molecular complexity index is 396. The number of hydrogen-bond donors (Lipinski definition) is 2. The molecule has 2 rings (SSSR count). The van der Waals surface area contributed by atoms with Crippen LogP contribution in [0, 0.1) is 17.8 Å². The van der Waals surface area contributed by atoms with E-state index in [1.54, 1.807) is 6.20 Å². The van der Waals surface area contributed by atoms with Crippen LogP contribution in [0.5, 0.6) is 0 Å². The van der Waals surface area contributed by atoms with Crippen molar-refractivity contribution in [1.29, 1.82) is 0 Å². The third-order valence-corrected chi connectivity index (χ3v) is 4.61. The highest BCUT2D eigenvalue weighted by Crippen LogP contribution is 2.39. The number of nitrogens with two attached hydrogens (primary N) is 1. The minimum atomic E-state index is 0.181. The van der Waals surface area contributed by atoms with Gasteiger partial charge in [0.2, 0.25) is 0 Å². The molecule has 0 saturated heterocycles. The SMILES string of the molecule is CC1CCC(C(NN)c2ccnc(Cl)c2)CC1C. The molecular weight excluding hydrogens is 246 g/mol. The number of aromatic nitrogens is 1. The predicted molar refractivity (Wildman–Crippen MR) is 75.0 cm³/mol. The van der Waals surface area contributed by atoms with E-state index >= 15 is 0 Å². The van der Waals surface area contributed by atoms with Crippen LogP contribution in [0.4, 0.5) is 0 Å². The van der Waals surface area contributed by atoms with Crippen molar-refractivity contribution >= 4 is 11.6 Å². The average molecular weight is 268 g/mol. The molecule has 0 aromatic carbocycles. The van der Waals surface area contributed by atoms with Gasteiger partial charge in [-0.1, -0.05) is 31.9 Å². The Morgan fingerprint density at radius 1 is 1.39 bits per heavy atom. The Kier molecular flexibility index (Phi) is 4.60. The van der Waals surface area contributed by atoms with Crippen LogP contribution < -0.4 is 11.3 Å². The van der Waals surface area contributed by atoms with E-state index in [9.17, 15) is 0 Å². The summed E-state index contributed by atoms with van der Waals surface area (Å²) < 4.78 is 0. The Morgan fingerprint density at radius 3 is 2.78 bits per heavy atom. The number of halogens is 1. The number of rotatable bonds is 3. The van der Waals surface area contributed by atoms with E-state index in [0.29, 0.717) is 11.1 Å². The highest BCUT2D eigenvalue weighted by atomic mass is 35.5. The number of hydrogen-bond acceptors (Lipinski definition) is 3. The van der Waals surface area contributed by atoms with Gasteiger partial charge >= 0.3 is 0 Å². The van der Waals surface area contributed by atoms with E-state index in [0.717, 1.165) is 17.4 Å². The summed E-state index contributed by atoms with van der Waals surface area (Å²) in [5.74, 6) is 7.92. The van der Waals surface area contributed by atoms with Crippen LogP contribution in [-0.2, 0) is 0 Å². The normalized spacial score (nSPS) is 30.1. The molecule has 0 aliphatic heterocycles. The van der Waals surface area contributed by atoms with Gasteiger partial charge in [-0.2, -0.15) is 0 Å². The Labute approximate surface area is 114 Å². The second kappa shape index (κ2) is 6.00. The van der Waals surface area contributed by atoms with Crippen LogP contribution in [0.2, 0.25) is 5.15 Å². The van der Waals surface area contributed by atoms with Gasteiger partial charge in [0.05, 0.1) is 0 Å². The number of hydrazine groups is 1. The number of pyridine rings is 1. The van der Waals surface area contributed by atoms with Crippen LogP contribution >= 0.6 is 11.6 Å². The van der Waals surface area contributed by atoms with Crippen LogP contribution in [0.15, 0.2) is 18.3 Å². The quantitative estimate of drug-likeness (QED) is 0.502. The predicted octanol–water partition coefficient (Wildman–Crippen LogP) is 3.31. The third-order valence-electron chi connectivity index (χ3n) is 4.40. The first kappa shape index (κ1) is 13.8. The summed E-state index contributed by atoms with van der Waals surface area (Å²) in [6, 6.07) is 4.09. The summed E-state index contributed by atoms with van der Waals surface area (Å²) in [5, 5.41) is 0.532. The van der Waals surface area contributed by atoms with Gasteiger partial charge < -0.3 is 0 Å². The van der Waals surface area contributed by atoms with E-state index in [4.69, 9.17) is 17.4 Å². The molecule has 4 heteroatoms. The van der Waals surface area contributed by atoms with Crippen molar-refractivity contribution in [2.24, 2.45) is 23.6 Å². The highest BCUT2D eigenvalue weighted by molar-refractivity contribution is 6.29. The average Bonchev–Trinajstić information content (AvgIpc) is 2.35. The van der Waals surface area contributed by atoms with E-state index in [2.05, 4.69) is 24.3 Å². The second-order valence-electron chi connectivity index (χ2n) is 5.58. The van der Waals surface area contributed by atoms with E-state index < -0.39 is 0 Å². The summed E-state index contributed by atoms with van der Waals surface area (Å²) in [4.78, 5) is 4.03. The van der Waals surface area contributed by atoms with Gasteiger partial charge in [-0.25, -0.2) is 4.98 Å². The molecule has 1 aliphatic carbocycles. The minimum Gasteiger partial charge on any atom is -0.271 e. The van der Waals surface area contributed by atoms with Crippen molar-refractivity contribution in [3.05, 3.63) is 29.0 Å². The maximum atomic E-state index is 5.96. The topological polar surface area (TPSA) is 50.9 Å². The molecule has 4 atom stereocenters. The monoisotopic (exact) mass is 267 g/mol. The van der Waals surface area contributed by atoms with Gasteiger partial charge in [0.25, 0.3) is 0 Å². The van der Waals surface area contributed by atoms with Crippen molar-refractivity contribution in [3.63, 3.8) is 0 Å². The molecule has 1 heterocycles. The second-order valence-corrected chi connectivity index (χ2v) is 5.97. The summed E-state index contributed by atoms with van der Waals surface area (Å²) in [6.07, 6.45) is 5.47. The molecule has 1 fully saturated rings. The van der Waals surface area contributed by atoms with Crippen molar-refractivity contribution in [3.8, 4) is 0 Å². The van der Waals surface area contributed by atoms with E-state index in [1.165, 1.54) is 19.3 Å². The first-order valence-corrected chi connectivity index (χ1v) is 7.07. The van der Waals surface area contributed by atoms with Gasteiger partial charge in [-0.3, -0.25) is 11.3 Å². The molecule has 3 N–H and O–H groups in total. The Balaban J connectivity index is 2.14. The summed E-state index contributed by atoms with van der Waals surface area (Å²) in [5.41, 5.74) is 4.11. The zero-order chi connectivity index (χ0) is 13.1. The van der Waals surface area contributed by atoms with Crippen molar-refractivity contribution in [2.75, 3.05) is 0 Å². The summed E-state index contributed by atoms with van der Waals surface area (Å²) >= 11 is 5.96. The zero-order valence-electron chi connectivity index (χ0n) is 11.1. The molecule has 0 amide bonds. The molecule has 0 radical (unpaired) electrons. The van der Waals surface area contributed by atoms with Crippen LogP contribution in [0.25, 0.3) is 0 Å². The number of nitrogens with one attached hydrogen (secondary N) is 1. The standard InChI is InChI=1S/C14H22ClN3/c1-9-3-4-11(7-10(9)2)14(18-16)12-5-6-17-13(15)8-12/h5-6,8-11,14,18H,3-4,7,16H2,1-2H3. The lowest BCUT2D eigenvalue weighted by Gasteiger charge is -2.36. The van der Waals surface area contributed by atoms with Crippen LogP contribution in [-0.4, -0.2) is 4.98 Å². The lowest BCUT2D eigenvalue weighted by atomic mass is 9.72. The van der Waals surface area contributed by atoms with Gasteiger partial charge in [-0.05, 0) is 48.3 Å². The fourth-order valence-electron chi connectivity index (χ4n) is 3.01. The van der Waals surface area contributed by atoms with Crippen molar-refractivity contribution < 1.29 is 0 Å². The van der Waals surface area contributed by atoms with Gasteiger partial charge in [-0.15, -0.1) is 0 Å². The summed E-state index contributed by atoms with van der Waals surface area (Å²) in [6.45, 7) is 4.68. The number of nitrogens with zero attached hydrogens (tertiary/aromatic N) is 1. The molecule has 1 aromatic rings. The summed E-state index contributed by atoms with van der Waals surface area (Å²) in [7, 11) is 0. The smallest absolute Gasteiger partial charge is 0.129 e. The Hall–Kier alpha value is -0.640.